The third-order valence-electron chi connectivity index (χ3n) is 4.60. The van der Waals surface area contributed by atoms with Crippen molar-refractivity contribution in [2.75, 3.05) is 20.8 Å². The second-order valence-corrected chi connectivity index (χ2v) is 6.18. The lowest BCUT2D eigenvalue weighted by Gasteiger charge is -2.13. The Balaban J connectivity index is 1.62. The topological polar surface area (TPSA) is 98.9 Å². The van der Waals surface area contributed by atoms with Crippen LogP contribution < -0.4 is 15.1 Å². The Morgan fingerprint density at radius 3 is 2.18 bits per heavy atom. The van der Waals surface area contributed by atoms with Gasteiger partial charge in [-0.05, 0) is 12.1 Å². The predicted octanol–water partition coefficient (Wildman–Crippen LogP) is 2.04. The van der Waals surface area contributed by atoms with Gasteiger partial charge in [-0.2, -0.15) is 0 Å². The third kappa shape index (κ3) is 2.79. The van der Waals surface area contributed by atoms with Gasteiger partial charge in [-0.25, -0.2) is 9.78 Å². The highest BCUT2D eigenvalue weighted by Crippen LogP contribution is 2.30. The molecule has 4 rings (SSSR count). The maximum absolute atomic E-state index is 12.4. The summed E-state index contributed by atoms with van der Waals surface area (Å²) in [6.07, 6.45) is 0.116. The van der Waals surface area contributed by atoms with E-state index >= 15 is 0 Å². The summed E-state index contributed by atoms with van der Waals surface area (Å²) < 4.78 is 15.7. The Morgan fingerprint density at radius 2 is 1.57 bits per heavy atom. The van der Waals surface area contributed by atoms with Crippen LogP contribution in [0.25, 0.3) is 10.9 Å². The van der Waals surface area contributed by atoms with E-state index in [0.29, 0.717) is 28.1 Å². The molecule has 142 valence electrons. The van der Waals surface area contributed by atoms with Crippen molar-refractivity contribution in [3.8, 4) is 11.5 Å². The fraction of sp³-hybridized carbons (Fsp3) is 0.200. The molecule has 0 spiro atoms. The minimum Gasteiger partial charge on any atom is -0.493 e. The molecule has 0 saturated heterocycles. The third-order valence-corrected chi connectivity index (χ3v) is 4.60. The number of fused-ring (bicyclic) bond motifs is 2. The van der Waals surface area contributed by atoms with Crippen LogP contribution >= 0.6 is 0 Å². The minimum atomic E-state index is -0.580. The number of imide groups is 1. The van der Waals surface area contributed by atoms with Gasteiger partial charge in [0.15, 0.2) is 11.5 Å². The molecule has 0 fully saturated rings. The number of ether oxygens (including phenoxy) is 2. The first-order valence-corrected chi connectivity index (χ1v) is 8.54. The van der Waals surface area contributed by atoms with Crippen molar-refractivity contribution in [1.29, 1.82) is 0 Å². The van der Waals surface area contributed by atoms with E-state index in [-0.39, 0.29) is 36.1 Å². The van der Waals surface area contributed by atoms with Gasteiger partial charge in [0.05, 0.1) is 36.2 Å². The van der Waals surface area contributed by atoms with Gasteiger partial charge in [-0.15, -0.1) is 0 Å². The zero-order chi connectivity index (χ0) is 19.8. The van der Waals surface area contributed by atoms with Crippen LogP contribution in [-0.4, -0.2) is 42.5 Å². The molecule has 0 saturated carbocycles. The molecule has 2 heterocycles. The predicted molar refractivity (Wildman–Crippen MR) is 98.9 cm³/mol. The lowest BCUT2D eigenvalue weighted by molar-refractivity contribution is 0.0653. The molecule has 8 heteroatoms. The molecule has 1 aliphatic rings. The largest absolute Gasteiger partial charge is 0.493 e. The Labute approximate surface area is 159 Å². The van der Waals surface area contributed by atoms with Crippen LogP contribution in [0.1, 0.15) is 26.6 Å². The number of benzene rings is 2. The van der Waals surface area contributed by atoms with E-state index in [0.717, 1.165) is 4.90 Å². The quantitative estimate of drug-likeness (QED) is 0.625. The molecular formula is C20H16N2O6. The first-order chi connectivity index (χ1) is 13.5. The smallest absolute Gasteiger partial charge is 0.346 e. The summed E-state index contributed by atoms with van der Waals surface area (Å²) >= 11 is 0. The van der Waals surface area contributed by atoms with Gasteiger partial charge in [0.2, 0.25) is 5.89 Å². The molecule has 0 bridgehead atoms. The molecule has 0 N–H and O–H groups in total. The van der Waals surface area contributed by atoms with Crippen molar-refractivity contribution in [2.45, 2.75) is 6.42 Å². The molecule has 3 aromatic rings. The van der Waals surface area contributed by atoms with Gasteiger partial charge >= 0.3 is 5.63 Å². The standard InChI is InChI=1S/C20H16N2O6/c1-26-15-9-13-14(10-16(15)27-2)21-17(28-20(13)25)7-8-22-18(23)11-5-3-4-6-12(11)19(22)24/h3-6,9-10H,7-8H2,1-2H3. The summed E-state index contributed by atoms with van der Waals surface area (Å²) in [4.78, 5) is 42.6. The van der Waals surface area contributed by atoms with Crippen molar-refractivity contribution in [1.82, 2.24) is 9.88 Å². The zero-order valence-corrected chi connectivity index (χ0v) is 15.2. The van der Waals surface area contributed by atoms with E-state index < -0.39 is 5.63 Å². The summed E-state index contributed by atoms with van der Waals surface area (Å²) in [7, 11) is 2.95. The first kappa shape index (κ1) is 17.7. The summed E-state index contributed by atoms with van der Waals surface area (Å²) in [5.74, 6) is 0.217. The van der Waals surface area contributed by atoms with Crippen LogP contribution in [0.15, 0.2) is 45.6 Å². The summed E-state index contributed by atoms with van der Waals surface area (Å²) in [6, 6.07) is 9.73. The van der Waals surface area contributed by atoms with E-state index in [9.17, 15) is 14.4 Å². The van der Waals surface area contributed by atoms with E-state index in [1.54, 1.807) is 30.3 Å². The molecule has 1 aliphatic heterocycles. The molecule has 0 atom stereocenters. The second-order valence-electron chi connectivity index (χ2n) is 6.18. The van der Waals surface area contributed by atoms with E-state index in [1.807, 2.05) is 0 Å². The van der Waals surface area contributed by atoms with E-state index in [2.05, 4.69) is 4.98 Å². The Kier molecular flexibility index (Phi) is 4.31. The molecule has 0 unspecified atom stereocenters. The highest BCUT2D eigenvalue weighted by atomic mass is 16.5. The highest BCUT2D eigenvalue weighted by molar-refractivity contribution is 6.21. The van der Waals surface area contributed by atoms with Gasteiger partial charge in [0.1, 0.15) is 0 Å². The molecular weight excluding hydrogens is 364 g/mol. The molecule has 28 heavy (non-hydrogen) atoms. The lowest BCUT2D eigenvalue weighted by Crippen LogP contribution is -2.32. The average molecular weight is 380 g/mol. The SMILES string of the molecule is COc1cc2nc(CCN3C(=O)c4ccccc4C3=O)oc(=O)c2cc1OC. The minimum absolute atomic E-state index is 0.0566. The molecule has 1 aromatic heterocycles. The van der Waals surface area contributed by atoms with Crippen LogP contribution in [0.5, 0.6) is 11.5 Å². The van der Waals surface area contributed by atoms with Crippen LogP contribution in [0.4, 0.5) is 0 Å². The molecule has 2 aromatic carbocycles. The number of amides is 2. The molecule has 0 radical (unpaired) electrons. The number of carbonyl (C=O) groups excluding carboxylic acids is 2. The summed E-state index contributed by atoms with van der Waals surface area (Å²) in [6.45, 7) is 0.0566. The lowest BCUT2D eigenvalue weighted by atomic mass is 10.1. The Hall–Kier alpha value is -3.68. The second kappa shape index (κ2) is 6.80. The van der Waals surface area contributed by atoms with Crippen molar-refractivity contribution < 1.29 is 23.5 Å². The Bertz CT molecular complexity index is 1130. The van der Waals surface area contributed by atoms with Gasteiger partial charge in [0, 0.05) is 25.1 Å². The highest BCUT2D eigenvalue weighted by Gasteiger charge is 2.34. The zero-order valence-electron chi connectivity index (χ0n) is 15.2. The van der Waals surface area contributed by atoms with Crippen molar-refractivity contribution in [2.24, 2.45) is 0 Å². The normalized spacial score (nSPS) is 13.1. The van der Waals surface area contributed by atoms with E-state index in [1.165, 1.54) is 20.3 Å². The van der Waals surface area contributed by atoms with E-state index in [4.69, 9.17) is 13.9 Å². The van der Waals surface area contributed by atoms with Crippen LogP contribution in [0.3, 0.4) is 0 Å². The Morgan fingerprint density at radius 1 is 0.964 bits per heavy atom. The van der Waals surface area contributed by atoms with Crippen molar-refractivity contribution in [3.63, 3.8) is 0 Å². The number of methoxy groups -OCH3 is 2. The van der Waals surface area contributed by atoms with Gasteiger partial charge in [0.25, 0.3) is 11.8 Å². The van der Waals surface area contributed by atoms with Gasteiger partial charge in [-0.3, -0.25) is 14.5 Å². The maximum Gasteiger partial charge on any atom is 0.346 e. The molecule has 2 amide bonds. The average Bonchev–Trinajstić information content (AvgIpc) is 2.96. The van der Waals surface area contributed by atoms with Crippen LogP contribution in [0.2, 0.25) is 0 Å². The number of hydrogen-bond acceptors (Lipinski definition) is 7. The van der Waals surface area contributed by atoms with Crippen molar-refractivity contribution >= 4 is 22.7 Å². The number of rotatable bonds is 5. The first-order valence-electron chi connectivity index (χ1n) is 8.54. The molecule has 0 aliphatic carbocycles. The molecule has 8 nitrogen and oxygen atoms in total. The number of hydrogen-bond donors (Lipinski definition) is 0. The van der Waals surface area contributed by atoms with Gasteiger partial charge in [-0.1, -0.05) is 12.1 Å². The fourth-order valence-corrected chi connectivity index (χ4v) is 3.20. The maximum atomic E-state index is 12.4. The number of nitrogens with zero attached hydrogens (tertiary/aromatic N) is 2. The van der Waals surface area contributed by atoms with Gasteiger partial charge < -0.3 is 13.9 Å². The summed E-state index contributed by atoms with van der Waals surface area (Å²) in [5, 5.41) is 0.252. The van der Waals surface area contributed by atoms with Crippen molar-refractivity contribution in [3.05, 3.63) is 63.8 Å². The number of carbonyl (C=O) groups is 2. The monoisotopic (exact) mass is 380 g/mol. The fourth-order valence-electron chi connectivity index (χ4n) is 3.20. The number of aromatic nitrogens is 1. The summed E-state index contributed by atoms with van der Waals surface area (Å²) in [5.41, 5.74) is 0.545. The van der Waals surface area contributed by atoms with Crippen LogP contribution in [0, 0.1) is 0 Å². The van der Waals surface area contributed by atoms with Crippen LogP contribution in [-0.2, 0) is 6.42 Å².